The molecule has 25 heavy (non-hydrogen) atoms. The quantitative estimate of drug-likeness (QED) is 0.775. The molecule has 8 heteroatoms. The molecule has 0 spiro atoms. The number of nitrogens with zero attached hydrogens (tertiary/aromatic N) is 4. The molecular formula is C17H22N4O4. The van der Waals surface area contributed by atoms with Crippen LogP contribution in [0.2, 0.25) is 0 Å². The van der Waals surface area contributed by atoms with Crippen LogP contribution in [0.3, 0.4) is 0 Å². The zero-order valence-corrected chi connectivity index (χ0v) is 14.5. The van der Waals surface area contributed by atoms with Crippen LogP contribution in [0.15, 0.2) is 28.9 Å². The van der Waals surface area contributed by atoms with Gasteiger partial charge in [-0.05, 0) is 19.1 Å². The number of methoxy groups -OCH3 is 1. The number of piperazine rings is 1. The molecule has 0 bridgehead atoms. The summed E-state index contributed by atoms with van der Waals surface area (Å²) in [6.45, 7) is 5.47. The second kappa shape index (κ2) is 7.98. The van der Waals surface area contributed by atoms with Crippen LogP contribution in [0.5, 0.6) is 11.5 Å². The molecule has 1 fully saturated rings. The second-order valence-corrected chi connectivity index (χ2v) is 5.89. The summed E-state index contributed by atoms with van der Waals surface area (Å²) in [4.78, 5) is 16.4. The third kappa shape index (κ3) is 4.27. The van der Waals surface area contributed by atoms with E-state index in [1.54, 1.807) is 19.2 Å². The van der Waals surface area contributed by atoms with Crippen LogP contribution in [-0.4, -0.2) is 65.9 Å². The van der Waals surface area contributed by atoms with Gasteiger partial charge in [0.1, 0.15) is 11.4 Å². The summed E-state index contributed by atoms with van der Waals surface area (Å²) in [5.74, 6) is 1.17. The third-order valence-electron chi connectivity index (χ3n) is 4.27. The van der Waals surface area contributed by atoms with Crippen molar-refractivity contribution >= 4 is 5.91 Å². The number of hydrogen-bond acceptors (Lipinski definition) is 7. The predicted octanol–water partition coefficient (Wildman–Crippen LogP) is 1.11. The fourth-order valence-corrected chi connectivity index (χ4v) is 2.73. The minimum atomic E-state index is -0.0233. The Labute approximate surface area is 146 Å². The Morgan fingerprint density at radius 1 is 1.16 bits per heavy atom. The van der Waals surface area contributed by atoms with Gasteiger partial charge in [0.25, 0.3) is 5.91 Å². The van der Waals surface area contributed by atoms with Crippen molar-refractivity contribution in [3.05, 3.63) is 35.7 Å². The molecule has 1 amide bonds. The molecular weight excluding hydrogens is 324 g/mol. The topological polar surface area (TPSA) is 80.9 Å². The lowest BCUT2D eigenvalue weighted by atomic mass is 10.2. The number of ether oxygens (including phenoxy) is 2. The molecule has 0 radical (unpaired) electrons. The standard InChI is InChI=1S/C17H22N4O4/c1-13-14(19-25-18-13)11-20-7-9-21(10-8-20)17(22)12-24-16-6-4-3-5-15(16)23-2/h3-6H,7-12H2,1-2H3. The Morgan fingerprint density at radius 3 is 2.52 bits per heavy atom. The zero-order valence-electron chi connectivity index (χ0n) is 14.5. The Balaban J connectivity index is 1.46. The lowest BCUT2D eigenvalue weighted by molar-refractivity contribution is -0.135. The van der Waals surface area contributed by atoms with Gasteiger partial charge in [0, 0.05) is 32.7 Å². The number of carbonyl (C=O) groups is 1. The van der Waals surface area contributed by atoms with Crippen LogP contribution in [0.4, 0.5) is 0 Å². The van der Waals surface area contributed by atoms with Crippen molar-refractivity contribution in [1.82, 2.24) is 20.1 Å². The number of rotatable bonds is 6. The van der Waals surface area contributed by atoms with Gasteiger partial charge in [-0.15, -0.1) is 0 Å². The van der Waals surface area contributed by atoms with Gasteiger partial charge in [0.05, 0.1) is 7.11 Å². The molecule has 1 aromatic heterocycles. The van der Waals surface area contributed by atoms with Crippen molar-refractivity contribution in [1.29, 1.82) is 0 Å². The highest BCUT2D eigenvalue weighted by Gasteiger charge is 2.23. The summed E-state index contributed by atoms with van der Waals surface area (Å²) in [7, 11) is 1.58. The first-order chi connectivity index (χ1) is 12.2. The molecule has 1 saturated heterocycles. The lowest BCUT2D eigenvalue weighted by Gasteiger charge is -2.34. The molecule has 0 unspecified atom stereocenters. The van der Waals surface area contributed by atoms with Crippen molar-refractivity contribution in [2.75, 3.05) is 39.9 Å². The molecule has 1 aliphatic heterocycles. The monoisotopic (exact) mass is 346 g/mol. The zero-order chi connectivity index (χ0) is 17.6. The minimum absolute atomic E-state index is 0.00663. The summed E-state index contributed by atoms with van der Waals surface area (Å²) in [5.41, 5.74) is 1.66. The smallest absolute Gasteiger partial charge is 0.260 e. The molecule has 1 aliphatic rings. The maximum atomic E-state index is 12.4. The Hall–Kier alpha value is -2.61. The maximum absolute atomic E-state index is 12.4. The van der Waals surface area contributed by atoms with Crippen molar-refractivity contribution in [2.24, 2.45) is 0 Å². The first-order valence-electron chi connectivity index (χ1n) is 8.21. The van der Waals surface area contributed by atoms with Crippen molar-refractivity contribution in [3.63, 3.8) is 0 Å². The van der Waals surface area contributed by atoms with Gasteiger partial charge in [-0.25, -0.2) is 4.63 Å². The fourth-order valence-electron chi connectivity index (χ4n) is 2.73. The molecule has 8 nitrogen and oxygen atoms in total. The Bertz CT molecular complexity index is 710. The highest BCUT2D eigenvalue weighted by atomic mass is 16.6. The molecule has 134 valence electrons. The first kappa shape index (κ1) is 17.2. The first-order valence-corrected chi connectivity index (χ1v) is 8.21. The van der Waals surface area contributed by atoms with E-state index in [-0.39, 0.29) is 12.5 Å². The van der Waals surface area contributed by atoms with E-state index in [9.17, 15) is 4.79 Å². The number of aromatic nitrogens is 2. The van der Waals surface area contributed by atoms with Crippen LogP contribution >= 0.6 is 0 Å². The Morgan fingerprint density at radius 2 is 1.88 bits per heavy atom. The SMILES string of the molecule is COc1ccccc1OCC(=O)N1CCN(Cc2nonc2C)CC1. The van der Waals surface area contributed by atoms with E-state index in [1.807, 2.05) is 24.0 Å². The predicted molar refractivity (Wildman–Crippen MR) is 89.4 cm³/mol. The highest BCUT2D eigenvalue weighted by molar-refractivity contribution is 5.78. The molecule has 0 atom stereocenters. The summed E-state index contributed by atoms with van der Waals surface area (Å²) in [6.07, 6.45) is 0. The molecule has 2 heterocycles. The Kier molecular flexibility index (Phi) is 5.49. The van der Waals surface area contributed by atoms with Gasteiger partial charge in [0.15, 0.2) is 18.1 Å². The largest absolute Gasteiger partial charge is 0.493 e. The average Bonchev–Trinajstić information content (AvgIpc) is 3.05. The second-order valence-electron chi connectivity index (χ2n) is 5.89. The number of carbonyl (C=O) groups excluding carboxylic acids is 1. The molecule has 0 aliphatic carbocycles. The fraction of sp³-hybridized carbons (Fsp3) is 0.471. The van der Waals surface area contributed by atoms with Gasteiger partial charge in [-0.3, -0.25) is 9.69 Å². The van der Waals surface area contributed by atoms with Gasteiger partial charge in [-0.1, -0.05) is 22.4 Å². The van der Waals surface area contributed by atoms with E-state index in [1.165, 1.54) is 0 Å². The van der Waals surface area contributed by atoms with Crippen molar-refractivity contribution in [2.45, 2.75) is 13.5 Å². The molecule has 1 aromatic carbocycles. The number of aryl methyl sites for hydroxylation is 1. The summed E-state index contributed by atoms with van der Waals surface area (Å²) >= 11 is 0. The number of hydrogen-bond donors (Lipinski definition) is 0. The van der Waals surface area contributed by atoms with Crippen molar-refractivity contribution in [3.8, 4) is 11.5 Å². The normalized spacial score (nSPS) is 15.2. The number of amides is 1. The lowest BCUT2D eigenvalue weighted by Crippen LogP contribution is -2.49. The minimum Gasteiger partial charge on any atom is -0.493 e. The molecule has 0 saturated carbocycles. The van der Waals surface area contributed by atoms with Crippen LogP contribution in [-0.2, 0) is 11.3 Å². The molecule has 3 rings (SSSR count). The van der Waals surface area contributed by atoms with Gasteiger partial charge in [-0.2, -0.15) is 0 Å². The van der Waals surface area contributed by atoms with Gasteiger partial charge < -0.3 is 14.4 Å². The van der Waals surface area contributed by atoms with E-state index >= 15 is 0 Å². The van der Waals surface area contributed by atoms with E-state index in [0.717, 1.165) is 24.5 Å². The van der Waals surface area contributed by atoms with E-state index in [4.69, 9.17) is 14.1 Å². The summed E-state index contributed by atoms with van der Waals surface area (Å²) in [6, 6.07) is 7.30. The van der Waals surface area contributed by atoms with Crippen molar-refractivity contribution < 1.29 is 18.9 Å². The molecule has 0 N–H and O–H groups in total. The van der Waals surface area contributed by atoms with E-state index in [0.29, 0.717) is 31.1 Å². The van der Waals surface area contributed by atoms with Gasteiger partial charge >= 0.3 is 0 Å². The van der Waals surface area contributed by atoms with Crippen LogP contribution < -0.4 is 9.47 Å². The van der Waals surface area contributed by atoms with E-state index in [2.05, 4.69) is 15.2 Å². The van der Waals surface area contributed by atoms with Crippen LogP contribution in [0.1, 0.15) is 11.4 Å². The number of para-hydroxylation sites is 2. The molecule has 2 aromatic rings. The highest BCUT2D eigenvalue weighted by Crippen LogP contribution is 2.25. The third-order valence-corrected chi connectivity index (χ3v) is 4.27. The average molecular weight is 346 g/mol. The van der Waals surface area contributed by atoms with Crippen LogP contribution in [0, 0.1) is 6.92 Å². The van der Waals surface area contributed by atoms with E-state index < -0.39 is 0 Å². The summed E-state index contributed by atoms with van der Waals surface area (Å²) < 4.78 is 15.6. The van der Waals surface area contributed by atoms with Gasteiger partial charge in [0.2, 0.25) is 0 Å². The number of benzene rings is 1. The summed E-state index contributed by atoms with van der Waals surface area (Å²) in [5, 5.41) is 7.69. The van der Waals surface area contributed by atoms with Crippen LogP contribution in [0.25, 0.3) is 0 Å². The maximum Gasteiger partial charge on any atom is 0.260 e.